The minimum Gasteiger partial charge on any atom is -0.494 e. The normalized spacial score (nSPS) is 10.6. The standard InChI is InChI=1S/C32H30N2O7/c1-3-38-26-12-10-25(11-13-26)32(36)41-29-18-9-24(19-30(29)37-2)20-33-34-31(35)22-40-28-16-14-27(15-17-28)39-21-23-7-5-4-6-8-23/h4-20H,3,21-22H2,1-2H3,(H,34,35)/b33-20+. The number of hydrogen-bond acceptors (Lipinski definition) is 8. The molecule has 0 aliphatic carbocycles. The van der Waals surface area contributed by atoms with Crippen LogP contribution in [-0.4, -0.2) is 38.4 Å². The molecule has 0 atom stereocenters. The van der Waals surface area contributed by atoms with Crippen LogP contribution in [0.4, 0.5) is 0 Å². The van der Waals surface area contributed by atoms with Crippen molar-refractivity contribution in [2.45, 2.75) is 13.5 Å². The number of esters is 1. The Kier molecular flexibility index (Phi) is 10.3. The summed E-state index contributed by atoms with van der Waals surface area (Å²) in [4.78, 5) is 24.7. The van der Waals surface area contributed by atoms with E-state index in [0.29, 0.717) is 47.3 Å². The van der Waals surface area contributed by atoms with Gasteiger partial charge < -0.3 is 23.7 Å². The minimum absolute atomic E-state index is 0.217. The van der Waals surface area contributed by atoms with Gasteiger partial charge in [0, 0.05) is 0 Å². The van der Waals surface area contributed by atoms with Gasteiger partial charge in [0.15, 0.2) is 18.1 Å². The van der Waals surface area contributed by atoms with E-state index >= 15 is 0 Å². The molecular weight excluding hydrogens is 524 g/mol. The highest BCUT2D eigenvalue weighted by Gasteiger charge is 2.13. The van der Waals surface area contributed by atoms with E-state index in [2.05, 4.69) is 10.5 Å². The summed E-state index contributed by atoms with van der Waals surface area (Å²) in [5, 5.41) is 3.96. The van der Waals surface area contributed by atoms with Crippen LogP contribution in [0.2, 0.25) is 0 Å². The number of hydrogen-bond donors (Lipinski definition) is 1. The van der Waals surface area contributed by atoms with Crippen molar-refractivity contribution < 1.29 is 33.3 Å². The van der Waals surface area contributed by atoms with Gasteiger partial charge in [-0.2, -0.15) is 5.10 Å². The Labute approximate surface area is 238 Å². The van der Waals surface area contributed by atoms with Gasteiger partial charge in [-0.25, -0.2) is 10.2 Å². The Bertz CT molecular complexity index is 1450. The first-order chi connectivity index (χ1) is 20.0. The predicted octanol–water partition coefficient (Wildman–Crippen LogP) is 5.42. The molecule has 0 aromatic heterocycles. The second-order valence-corrected chi connectivity index (χ2v) is 8.58. The van der Waals surface area contributed by atoms with Crippen molar-refractivity contribution in [2.24, 2.45) is 5.10 Å². The molecule has 1 amide bonds. The lowest BCUT2D eigenvalue weighted by Gasteiger charge is -2.10. The number of amides is 1. The van der Waals surface area contributed by atoms with Gasteiger partial charge in [0.1, 0.15) is 23.9 Å². The lowest BCUT2D eigenvalue weighted by Crippen LogP contribution is -2.24. The van der Waals surface area contributed by atoms with E-state index in [-0.39, 0.29) is 12.4 Å². The molecule has 9 heteroatoms. The smallest absolute Gasteiger partial charge is 0.343 e. The Morgan fingerprint density at radius 3 is 2.12 bits per heavy atom. The quantitative estimate of drug-likeness (QED) is 0.102. The Hall–Kier alpha value is -5.31. The summed E-state index contributed by atoms with van der Waals surface area (Å²) in [6.45, 7) is 2.67. The van der Waals surface area contributed by atoms with Gasteiger partial charge in [-0.05, 0) is 84.8 Å². The number of ether oxygens (including phenoxy) is 5. The second-order valence-electron chi connectivity index (χ2n) is 8.58. The third-order valence-electron chi connectivity index (χ3n) is 5.64. The SMILES string of the molecule is CCOc1ccc(C(=O)Oc2ccc(/C=N/NC(=O)COc3ccc(OCc4ccccc4)cc3)cc2OC)cc1. The van der Waals surface area contributed by atoms with Gasteiger partial charge in [0.2, 0.25) is 0 Å². The van der Waals surface area contributed by atoms with Crippen molar-refractivity contribution in [1.29, 1.82) is 0 Å². The van der Waals surface area contributed by atoms with Crippen LogP contribution in [0.5, 0.6) is 28.7 Å². The van der Waals surface area contributed by atoms with Crippen molar-refractivity contribution in [3.05, 3.63) is 114 Å². The third kappa shape index (κ3) is 8.86. The molecule has 210 valence electrons. The molecule has 0 aliphatic rings. The van der Waals surface area contributed by atoms with Crippen LogP contribution in [0, 0.1) is 0 Å². The number of carbonyl (C=O) groups is 2. The number of rotatable bonds is 13. The zero-order valence-corrected chi connectivity index (χ0v) is 22.7. The van der Waals surface area contributed by atoms with E-state index in [9.17, 15) is 9.59 Å². The van der Waals surface area contributed by atoms with Crippen molar-refractivity contribution >= 4 is 18.1 Å². The maximum absolute atomic E-state index is 12.5. The minimum atomic E-state index is -0.533. The van der Waals surface area contributed by atoms with Crippen molar-refractivity contribution in [3.63, 3.8) is 0 Å². The summed E-state index contributed by atoms with van der Waals surface area (Å²) in [6, 6.07) is 28.4. The first-order valence-corrected chi connectivity index (χ1v) is 12.9. The maximum Gasteiger partial charge on any atom is 0.343 e. The fourth-order valence-corrected chi connectivity index (χ4v) is 3.59. The van der Waals surface area contributed by atoms with E-state index < -0.39 is 11.9 Å². The largest absolute Gasteiger partial charge is 0.494 e. The molecule has 0 heterocycles. The van der Waals surface area contributed by atoms with E-state index in [0.717, 1.165) is 5.56 Å². The monoisotopic (exact) mass is 554 g/mol. The molecule has 0 saturated carbocycles. The molecule has 0 radical (unpaired) electrons. The molecule has 4 aromatic rings. The number of benzene rings is 4. The van der Waals surface area contributed by atoms with Crippen LogP contribution >= 0.6 is 0 Å². The molecule has 41 heavy (non-hydrogen) atoms. The number of methoxy groups -OCH3 is 1. The molecule has 0 unspecified atom stereocenters. The van der Waals surface area contributed by atoms with Crippen LogP contribution < -0.4 is 29.1 Å². The molecule has 0 fully saturated rings. The van der Waals surface area contributed by atoms with Crippen LogP contribution in [-0.2, 0) is 11.4 Å². The van der Waals surface area contributed by atoms with Gasteiger partial charge in [-0.15, -0.1) is 0 Å². The lowest BCUT2D eigenvalue weighted by atomic mass is 10.2. The van der Waals surface area contributed by atoms with Crippen molar-refractivity contribution in [1.82, 2.24) is 5.43 Å². The molecule has 4 aromatic carbocycles. The fraction of sp³-hybridized carbons (Fsp3) is 0.156. The molecule has 1 N–H and O–H groups in total. The molecule has 0 aliphatic heterocycles. The lowest BCUT2D eigenvalue weighted by molar-refractivity contribution is -0.123. The molecule has 0 saturated heterocycles. The van der Waals surface area contributed by atoms with Crippen molar-refractivity contribution in [3.8, 4) is 28.7 Å². The van der Waals surface area contributed by atoms with Gasteiger partial charge in [0.05, 0.1) is 25.5 Å². The molecule has 0 bridgehead atoms. The van der Waals surface area contributed by atoms with E-state index in [4.69, 9.17) is 23.7 Å². The highest BCUT2D eigenvalue weighted by atomic mass is 16.6. The summed E-state index contributed by atoms with van der Waals surface area (Å²) >= 11 is 0. The summed E-state index contributed by atoms with van der Waals surface area (Å²) in [6.07, 6.45) is 1.44. The number of nitrogens with one attached hydrogen (secondary N) is 1. The summed E-state index contributed by atoms with van der Waals surface area (Å²) in [7, 11) is 1.46. The fourth-order valence-electron chi connectivity index (χ4n) is 3.59. The average Bonchev–Trinajstić information content (AvgIpc) is 3.01. The zero-order valence-electron chi connectivity index (χ0n) is 22.7. The first kappa shape index (κ1) is 28.7. The summed E-state index contributed by atoms with van der Waals surface area (Å²) < 4.78 is 27.5. The topological polar surface area (TPSA) is 105 Å². The zero-order chi connectivity index (χ0) is 28.9. The van der Waals surface area contributed by atoms with Crippen LogP contribution in [0.15, 0.2) is 102 Å². The molecular formula is C32H30N2O7. The van der Waals surface area contributed by atoms with Crippen LogP contribution in [0.3, 0.4) is 0 Å². The van der Waals surface area contributed by atoms with Crippen LogP contribution in [0.25, 0.3) is 0 Å². The van der Waals surface area contributed by atoms with E-state index in [1.165, 1.54) is 13.3 Å². The van der Waals surface area contributed by atoms with Gasteiger partial charge in [-0.3, -0.25) is 4.79 Å². The number of nitrogens with zero attached hydrogens (tertiary/aromatic N) is 1. The predicted molar refractivity (Wildman–Crippen MR) is 154 cm³/mol. The van der Waals surface area contributed by atoms with E-state index in [1.54, 1.807) is 66.7 Å². The van der Waals surface area contributed by atoms with Gasteiger partial charge >= 0.3 is 5.97 Å². The second kappa shape index (κ2) is 14.7. The number of carbonyl (C=O) groups excluding carboxylic acids is 2. The molecule has 0 spiro atoms. The maximum atomic E-state index is 12.5. The number of hydrazone groups is 1. The highest BCUT2D eigenvalue weighted by molar-refractivity contribution is 5.92. The Balaban J connectivity index is 1.23. The Morgan fingerprint density at radius 2 is 1.44 bits per heavy atom. The Morgan fingerprint density at radius 1 is 0.780 bits per heavy atom. The molecule has 4 rings (SSSR count). The average molecular weight is 555 g/mol. The third-order valence-corrected chi connectivity index (χ3v) is 5.64. The van der Waals surface area contributed by atoms with Crippen LogP contribution in [0.1, 0.15) is 28.4 Å². The molecule has 9 nitrogen and oxygen atoms in total. The highest BCUT2D eigenvalue weighted by Crippen LogP contribution is 2.28. The van der Waals surface area contributed by atoms with Gasteiger partial charge in [-0.1, -0.05) is 30.3 Å². The first-order valence-electron chi connectivity index (χ1n) is 12.9. The van der Waals surface area contributed by atoms with Gasteiger partial charge in [0.25, 0.3) is 5.91 Å². The van der Waals surface area contributed by atoms with E-state index in [1.807, 2.05) is 37.3 Å². The summed E-state index contributed by atoms with van der Waals surface area (Å²) in [5.41, 5.74) is 4.48. The van der Waals surface area contributed by atoms with Crippen molar-refractivity contribution in [2.75, 3.05) is 20.3 Å². The summed E-state index contributed by atoms with van der Waals surface area (Å²) in [5.74, 6) is 1.51.